The minimum absolute atomic E-state index is 0.309. The highest BCUT2D eigenvalue weighted by molar-refractivity contribution is 7.80. The lowest BCUT2D eigenvalue weighted by Gasteiger charge is -2.31. The minimum atomic E-state index is 0.309. The van der Waals surface area contributed by atoms with Crippen molar-refractivity contribution >= 4 is 23.0 Å². The van der Waals surface area contributed by atoms with Crippen LogP contribution in [-0.4, -0.2) is 28.5 Å². The quantitative estimate of drug-likeness (QED) is 0.800. The van der Waals surface area contributed by atoms with Crippen molar-refractivity contribution in [1.29, 1.82) is 0 Å². The molecule has 1 aliphatic carbocycles. The highest BCUT2D eigenvalue weighted by Crippen LogP contribution is 2.28. The van der Waals surface area contributed by atoms with Crippen LogP contribution < -0.4 is 10.6 Å². The van der Waals surface area contributed by atoms with Gasteiger partial charge >= 0.3 is 0 Å². The second-order valence-corrected chi connectivity index (χ2v) is 4.71. The third-order valence-electron chi connectivity index (χ3n) is 3.03. The Balaban J connectivity index is 2.14. The number of anilines is 1. The van der Waals surface area contributed by atoms with Crippen molar-refractivity contribution < 1.29 is 0 Å². The molecule has 0 unspecified atom stereocenters. The molecule has 4 nitrogen and oxygen atoms in total. The molecule has 86 valence electrons. The highest BCUT2D eigenvalue weighted by Gasteiger charge is 2.21. The van der Waals surface area contributed by atoms with Gasteiger partial charge in [0.25, 0.3) is 0 Å². The lowest BCUT2D eigenvalue weighted by Crippen LogP contribution is -2.31. The number of nitrogens with zero attached hydrogens (tertiary/aromatic N) is 3. The van der Waals surface area contributed by atoms with Gasteiger partial charge in [-0.15, -0.1) is 0 Å². The van der Waals surface area contributed by atoms with Gasteiger partial charge in [0.2, 0.25) is 0 Å². The molecule has 1 aromatic rings. The van der Waals surface area contributed by atoms with Crippen molar-refractivity contribution in [2.24, 2.45) is 11.7 Å². The number of hydrogen-bond donors (Lipinski definition) is 1. The number of aromatic nitrogens is 2. The predicted molar refractivity (Wildman–Crippen MR) is 68.5 cm³/mol. The average Bonchev–Trinajstić information content (AvgIpc) is 2.23. The van der Waals surface area contributed by atoms with Crippen LogP contribution in [0.3, 0.4) is 0 Å². The molecule has 0 bridgehead atoms. The monoisotopic (exact) mass is 236 g/mol. The van der Waals surface area contributed by atoms with E-state index >= 15 is 0 Å². The van der Waals surface area contributed by atoms with Gasteiger partial charge in [-0.1, -0.05) is 18.6 Å². The third-order valence-corrected chi connectivity index (χ3v) is 3.22. The highest BCUT2D eigenvalue weighted by atomic mass is 32.1. The molecular formula is C11H16N4S. The van der Waals surface area contributed by atoms with Gasteiger partial charge in [0.05, 0.1) is 0 Å². The van der Waals surface area contributed by atoms with E-state index in [4.69, 9.17) is 18.0 Å². The standard InChI is InChI=1S/C11H16N4S/c1-15(7-8-3-2-4-8)11-9(10(12)16)13-5-6-14-11/h5-6,8H,2-4,7H2,1H3,(H2,12,16). The van der Waals surface area contributed by atoms with Crippen LogP contribution in [0.5, 0.6) is 0 Å². The summed E-state index contributed by atoms with van der Waals surface area (Å²) in [4.78, 5) is 10.9. The fourth-order valence-corrected chi connectivity index (χ4v) is 2.08. The van der Waals surface area contributed by atoms with Crippen LogP contribution in [0.1, 0.15) is 25.0 Å². The molecule has 5 heteroatoms. The van der Waals surface area contributed by atoms with Gasteiger partial charge in [0, 0.05) is 26.0 Å². The molecule has 0 spiro atoms. The summed E-state index contributed by atoms with van der Waals surface area (Å²) in [5, 5.41) is 0. The second kappa shape index (κ2) is 4.74. The molecule has 16 heavy (non-hydrogen) atoms. The third kappa shape index (κ3) is 2.29. The van der Waals surface area contributed by atoms with Crippen molar-refractivity contribution in [2.45, 2.75) is 19.3 Å². The largest absolute Gasteiger partial charge is 0.388 e. The summed E-state index contributed by atoms with van der Waals surface area (Å²) in [5.41, 5.74) is 6.26. The molecule has 0 atom stereocenters. The van der Waals surface area contributed by atoms with Gasteiger partial charge in [-0.05, 0) is 18.8 Å². The van der Waals surface area contributed by atoms with Gasteiger partial charge in [0.15, 0.2) is 5.82 Å². The molecule has 0 aromatic carbocycles. The number of hydrogen-bond acceptors (Lipinski definition) is 4. The van der Waals surface area contributed by atoms with Crippen LogP contribution in [0.25, 0.3) is 0 Å². The lowest BCUT2D eigenvalue weighted by atomic mass is 9.85. The topological polar surface area (TPSA) is 55.0 Å². The first-order valence-corrected chi connectivity index (χ1v) is 5.91. The first kappa shape index (κ1) is 11.3. The Bertz CT molecular complexity index is 389. The van der Waals surface area contributed by atoms with Crippen LogP contribution in [0.4, 0.5) is 5.82 Å². The van der Waals surface area contributed by atoms with E-state index in [2.05, 4.69) is 14.9 Å². The van der Waals surface area contributed by atoms with Crippen LogP contribution in [-0.2, 0) is 0 Å². The minimum Gasteiger partial charge on any atom is -0.388 e. The summed E-state index contributed by atoms with van der Waals surface area (Å²) in [6.45, 7) is 1.01. The normalized spacial score (nSPS) is 15.6. The average molecular weight is 236 g/mol. The van der Waals surface area contributed by atoms with E-state index < -0.39 is 0 Å². The molecule has 0 radical (unpaired) electrons. The Morgan fingerprint density at radius 3 is 2.75 bits per heavy atom. The predicted octanol–water partition coefficient (Wildman–Crippen LogP) is 1.35. The molecule has 1 aliphatic rings. The van der Waals surface area contributed by atoms with Crippen LogP contribution in [0.2, 0.25) is 0 Å². The van der Waals surface area contributed by atoms with Gasteiger partial charge in [-0.2, -0.15) is 0 Å². The maximum Gasteiger partial charge on any atom is 0.157 e. The van der Waals surface area contributed by atoms with E-state index in [1.54, 1.807) is 12.4 Å². The van der Waals surface area contributed by atoms with Gasteiger partial charge in [0.1, 0.15) is 10.7 Å². The molecule has 2 rings (SSSR count). The van der Waals surface area contributed by atoms with Crippen LogP contribution >= 0.6 is 12.2 Å². The molecule has 0 amide bonds. The lowest BCUT2D eigenvalue weighted by molar-refractivity contribution is 0.321. The molecular weight excluding hydrogens is 220 g/mol. The maximum atomic E-state index is 5.63. The van der Waals surface area contributed by atoms with E-state index in [0.29, 0.717) is 10.7 Å². The zero-order chi connectivity index (χ0) is 11.5. The van der Waals surface area contributed by atoms with Gasteiger partial charge < -0.3 is 10.6 Å². The Morgan fingerprint density at radius 1 is 1.50 bits per heavy atom. The van der Waals surface area contributed by atoms with Crippen LogP contribution in [0.15, 0.2) is 12.4 Å². The number of nitrogens with two attached hydrogens (primary N) is 1. The Morgan fingerprint density at radius 2 is 2.19 bits per heavy atom. The summed E-state index contributed by atoms with van der Waals surface area (Å²) >= 11 is 4.97. The Labute approximate surface area is 101 Å². The van der Waals surface area contributed by atoms with Crippen molar-refractivity contribution in [3.05, 3.63) is 18.1 Å². The fourth-order valence-electron chi connectivity index (χ4n) is 1.93. The zero-order valence-corrected chi connectivity index (χ0v) is 10.2. The van der Waals surface area contributed by atoms with E-state index in [9.17, 15) is 0 Å². The van der Waals surface area contributed by atoms with E-state index in [-0.39, 0.29) is 0 Å². The summed E-state index contributed by atoms with van der Waals surface area (Å²) in [6.07, 6.45) is 7.27. The molecule has 0 aliphatic heterocycles. The summed E-state index contributed by atoms with van der Waals surface area (Å²) in [5.74, 6) is 1.58. The fraction of sp³-hybridized carbons (Fsp3) is 0.545. The molecule has 1 heterocycles. The molecule has 1 fully saturated rings. The Kier molecular flexibility index (Phi) is 3.33. The van der Waals surface area contributed by atoms with Crippen LogP contribution in [0, 0.1) is 5.92 Å². The molecule has 1 aromatic heterocycles. The Hall–Kier alpha value is -1.23. The molecule has 1 saturated carbocycles. The smallest absolute Gasteiger partial charge is 0.157 e. The van der Waals surface area contributed by atoms with E-state index in [0.717, 1.165) is 18.3 Å². The summed E-state index contributed by atoms with van der Waals surface area (Å²) in [6, 6.07) is 0. The first-order chi connectivity index (χ1) is 7.68. The van der Waals surface area contributed by atoms with Gasteiger partial charge in [-0.25, -0.2) is 9.97 Å². The van der Waals surface area contributed by atoms with Crippen molar-refractivity contribution in [2.75, 3.05) is 18.5 Å². The van der Waals surface area contributed by atoms with Crippen molar-refractivity contribution in [3.8, 4) is 0 Å². The second-order valence-electron chi connectivity index (χ2n) is 4.27. The van der Waals surface area contributed by atoms with Crippen molar-refractivity contribution in [3.63, 3.8) is 0 Å². The maximum absolute atomic E-state index is 5.63. The number of thiocarbonyl (C=S) groups is 1. The van der Waals surface area contributed by atoms with Gasteiger partial charge in [-0.3, -0.25) is 0 Å². The summed E-state index contributed by atoms with van der Waals surface area (Å²) in [7, 11) is 2.02. The van der Waals surface area contributed by atoms with Crippen molar-refractivity contribution in [1.82, 2.24) is 9.97 Å². The molecule has 2 N–H and O–H groups in total. The SMILES string of the molecule is CN(CC1CCC1)c1nccnc1C(N)=S. The van der Waals surface area contributed by atoms with E-state index in [1.807, 2.05) is 7.05 Å². The zero-order valence-electron chi connectivity index (χ0n) is 9.39. The molecule has 0 saturated heterocycles. The first-order valence-electron chi connectivity index (χ1n) is 5.50. The number of rotatable bonds is 4. The summed E-state index contributed by atoms with van der Waals surface area (Å²) < 4.78 is 0. The van der Waals surface area contributed by atoms with E-state index in [1.165, 1.54) is 19.3 Å².